The van der Waals surface area contributed by atoms with E-state index in [1.165, 1.54) is 46.9 Å². The summed E-state index contributed by atoms with van der Waals surface area (Å²) >= 11 is 12.0. The lowest BCUT2D eigenvalue weighted by Crippen LogP contribution is -2.52. The maximum Gasteiger partial charge on any atom is 0.260 e. The molecule has 1 aliphatic heterocycles. The zero-order valence-corrected chi connectivity index (χ0v) is 19.3. The van der Waals surface area contributed by atoms with Gasteiger partial charge in [-0.3, -0.25) is 0 Å². The Balaban J connectivity index is 1.79. The van der Waals surface area contributed by atoms with Gasteiger partial charge in [-0.05, 0) is 42.3 Å². The van der Waals surface area contributed by atoms with Crippen LogP contribution in [0.3, 0.4) is 0 Å². The Morgan fingerprint density at radius 1 is 1.09 bits per heavy atom. The van der Waals surface area contributed by atoms with Gasteiger partial charge >= 0.3 is 0 Å². The summed E-state index contributed by atoms with van der Waals surface area (Å²) in [4.78, 5) is 7.21. The van der Waals surface area contributed by atoms with Gasteiger partial charge in [0.15, 0.2) is 5.03 Å². The van der Waals surface area contributed by atoms with Gasteiger partial charge in [0.1, 0.15) is 17.5 Å². The Morgan fingerprint density at radius 2 is 1.69 bits per heavy atom. The minimum atomic E-state index is -3.81. The van der Waals surface area contributed by atoms with Crippen LogP contribution in [0.15, 0.2) is 47.6 Å². The maximum atomic E-state index is 13.8. The summed E-state index contributed by atoms with van der Waals surface area (Å²) in [7, 11) is -3.81. The Bertz CT molecular complexity index is 1200. The van der Waals surface area contributed by atoms with Crippen molar-refractivity contribution >= 4 is 33.2 Å². The smallest absolute Gasteiger partial charge is 0.260 e. The molecule has 1 aliphatic rings. The van der Waals surface area contributed by atoms with Gasteiger partial charge in [-0.1, -0.05) is 35.3 Å². The van der Waals surface area contributed by atoms with Crippen LogP contribution in [0.5, 0.6) is 0 Å². The topological polar surface area (TPSA) is 78.1 Å². The molecule has 0 saturated carbocycles. The molecule has 6 nitrogen and oxygen atoms in total. The molecular weight excluding hydrogens is 481 g/mol. The van der Waals surface area contributed by atoms with Gasteiger partial charge < -0.3 is 10.3 Å². The van der Waals surface area contributed by atoms with E-state index in [0.29, 0.717) is 30.8 Å². The van der Waals surface area contributed by atoms with Gasteiger partial charge in [-0.25, -0.2) is 22.2 Å². The van der Waals surface area contributed by atoms with E-state index in [1.807, 2.05) is 6.92 Å². The predicted octanol–water partition coefficient (Wildman–Crippen LogP) is 4.16. The van der Waals surface area contributed by atoms with Crippen LogP contribution >= 0.6 is 23.2 Å². The van der Waals surface area contributed by atoms with E-state index in [1.54, 1.807) is 0 Å². The summed E-state index contributed by atoms with van der Waals surface area (Å²) in [5.41, 5.74) is 1.07. The number of rotatable bonds is 5. The summed E-state index contributed by atoms with van der Waals surface area (Å²) in [6.45, 7) is 3.26. The number of nitrogens with zero attached hydrogens (tertiary/aromatic N) is 2. The highest BCUT2D eigenvalue weighted by atomic mass is 35.5. The van der Waals surface area contributed by atoms with E-state index in [-0.39, 0.29) is 26.9 Å². The molecule has 0 radical (unpaired) electrons. The number of hydrogen-bond donors (Lipinski definition) is 2. The molecule has 32 heavy (non-hydrogen) atoms. The number of aromatic amines is 1. The summed E-state index contributed by atoms with van der Waals surface area (Å²) in [5.74, 6) is -1.60. The van der Waals surface area contributed by atoms with Crippen molar-refractivity contribution in [2.24, 2.45) is 0 Å². The highest BCUT2D eigenvalue weighted by Gasteiger charge is 2.33. The second-order valence-corrected chi connectivity index (χ2v) is 10.3. The van der Waals surface area contributed by atoms with Gasteiger partial charge in [0, 0.05) is 25.7 Å². The van der Waals surface area contributed by atoms with E-state index in [4.69, 9.17) is 23.2 Å². The van der Waals surface area contributed by atoms with Crippen molar-refractivity contribution in [1.82, 2.24) is 19.6 Å². The van der Waals surface area contributed by atoms with Gasteiger partial charge in [0.2, 0.25) is 0 Å². The first-order valence-corrected chi connectivity index (χ1v) is 12.1. The molecule has 11 heteroatoms. The maximum absolute atomic E-state index is 13.8. The molecular formula is C21H20Cl2F2N4O2S. The first-order chi connectivity index (χ1) is 15.2. The fraction of sp³-hybridized carbons (Fsp3) is 0.286. The third-order valence-corrected chi connectivity index (χ3v) is 7.93. The van der Waals surface area contributed by atoms with E-state index >= 15 is 0 Å². The van der Waals surface area contributed by atoms with Crippen molar-refractivity contribution in [3.8, 4) is 0 Å². The standard InChI is InChI=1S/C21H20Cl2F2N4O2S/c1-12-10-26-6-7-29(12)32(30,31)19-11-27-21(28-19)20(13-2-4-17(24)15(22)8-13)14-3-5-18(25)16(23)9-14/h2-5,8-9,11-12,20,26H,6-7,10H2,1H3,(H,27,28). The normalized spacial score (nSPS) is 17.8. The molecule has 0 spiro atoms. The van der Waals surface area contributed by atoms with Crippen molar-refractivity contribution in [3.05, 3.63) is 81.2 Å². The molecule has 2 aromatic carbocycles. The van der Waals surface area contributed by atoms with Gasteiger partial charge in [0.05, 0.1) is 22.2 Å². The third-order valence-electron chi connectivity index (χ3n) is 5.43. The minimum absolute atomic E-state index is 0.0623. The van der Waals surface area contributed by atoms with Crippen molar-refractivity contribution < 1.29 is 17.2 Å². The van der Waals surface area contributed by atoms with Crippen LogP contribution in [-0.2, 0) is 10.0 Å². The lowest BCUT2D eigenvalue weighted by Gasteiger charge is -2.32. The zero-order chi connectivity index (χ0) is 23.0. The van der Waals surface area contributed by atoms with Crippen molar-refractivity contribution in [3.63, 3.8) is 0 Å². The molecule has 2 heterocycles. The largest absolute Gasteiger partial charge is 0.331 e. The molecule has 170 valence electrons. The van der Waals surface area contributed by atoms with Gasteiger partial charge in [-0.15, -0.1) is 0 Å². The molecule has 3 aromatic rings. The zero-order valence-electron chi connectivity index (χ0n) is 16.9. The Morgan fingerprint density at radius 3 is 2.22 bits per heavy atom. The van der Waals surface area contributed by atoms with E-state index in [0.717, 1.165) is 0 Å². The first-order valence-electron chi connectivity index (χ1n) is 9.86. The Labute approximate surface area is 194 Å². The minimum Gasteiger partial charge on any atom is -0.331 e. The molecule has 2 N–H and O–H groups in total. The van der Waals surface area contributed by atoms with E-state index in [2.05, 4.69) is 15.3 Å². The van der Waals surface area contributed by atoms with Crippen LogP contribution in [0.25, 0.3) is 0 Å². The number of sulfonamides is 1. The van der Waals surface area contributed by atoms with Crippen molar-refractivity contribution in [2.45, 2.75) is 23.9 Å². The second-order valence-electron chi connectivity index (χ2n) is 7.58. The second kappa shape index (κ2) is 9.07. The van der Waals surface area contributed by atoms with Gasteiger partial charge in [-0.2, -0.15) is 4.31 Å². The number of aromatic nitrogens is 2. The molecule has 1 fully saturated rings. The number of imidazole rings is 1. The Hall–Kier alpha value is -2.04. The monoisotopic (exact) mass is 500 g/mol. The molecule has 1 aromatic heterocycles. The van der Waals surface area contributed by atoms with Crippen molar-refractivity contribution in [1.29, 1.82) is 0 Å². The highest BCUT2D eigenvalue weighted by molar-refractivity contribution is 7.89. The lowest BCUT2D eigenvalue weighted by atomic mass is 9.90. The lowest BCUT2D eigenvalue weighted by molar-refractivity contribution is 0.283. The molecule has 1 saturated heterocycles. The predicted molar refractivity (Wildman–Crippen MR) is 119 cm³/mol. The van der Waals surface area contributed by atoms with E-state index < -0.39 is 27.6 Å². The van der Waals surface area contributed by atoms with E-state index in [9.17, 15) is 17.2 Å². The number of hydrogen-bond acceptors (Lipinski definition) is 4. The molecule has 1 atom stereocenters. The third kappa shape index (κ3) is 4.40. The van der Waals surface area contributed by atoms with Crippen LogP contribution in [0, 0.1) is 11.6 Å². The average Bonchev–Trinajstić information content (AvgIpc) is 3.24. The number of halogens is 4. The molecule has 0 amide bonds. The number of piperazine rings is 1. The highest BCUT2D eigenvalue weighted by Crippen LogP contribution is 2.34. The van der Waals surface area contributed by atoms with Crippen LogP contribution in [0.2, 0.25) is 10.0 Å². The quantitative estimate of drug-likeness (QED) is 0.551. The van der Waals surface area contributed by atoms with Crippen LogP contribution in [-0.4, -0.2) is 48.4 Å². The van der Waals surface area contributed by atoms with Gasteiger partial charge in [0.25, 0.3) is 10.0 Å². The first kappa shape index (κ1) is 23.1. The van der Waals surface area contributed by atoms with Crippen LogP contribution < -0.4 is 5.32 Å². The summed E-state index contributed by atoms with van der Waals surface area (Å²) < 4.78 is 55.3. The number of H-pyrrole nitrogens is 1. The van der Waals surface area contributed by atoms with Crippen LogP contribution in [0.4, 0.5) is 8.78 Å². The summed E-state index contributed by atoms with van der Waals surface area (Å²) in [5, 5.41) is 2.89. The molecule has 4 rings (SSSR count). The molecule has 0 bridgehead atoms. The SMILES string of the molecule is CC1CNCCN1S(=O)(=O)c1cnc(C(c2ccc(F)c(Cl)c2)c2ccc(F)c(Cl)c2)[nH]1. The summed E-state index contributed by atoms with van der Waals surface area (Å²) in [6, 6.07) is 8.07. The van der Waals surface area contributed by atoms with Crippen molar-refractivity contribution in [2.75, 3.05) is 19.6 Å². The summed E-state index contributed by atoms with van der Waals surface area (Å²) in [6.07, 6.45) is 1.25. The number of nitrogens with one attached hydrogen (secondary N) is 2. The fourth-order valence-corrected chi connectivity index (χ4v) is 5.72. The fourth-order valence-electron chi connectivity index (χ4n) is 3.79. The Kier molecular flexibility index (Phi) is 6.56. The molecule has 0 aliphatic carbocycles. The average molecular weight is 501 g/mol. The number of benzene rings is 2. The van der Waals surface area contributed by atoms with Crippen LogP contribution in [0.1, 0.15) is 29.8 Å². The molecule has 1 unspecified atom stereocenters.